The van der Waals surface area contributed by atoms with Crippen LogP contribution in [0.15, 0.2) is 0 Å². The first-order chi connectivity index (χ1) is 5.73. The Hall–Kier alpha value is 0.920. The lowest BCUT2D eigenvalue weighted by atomic mass is 9.75. The van der Waals surface area contributed by atoms with Crippen molar-refractivity contribution < 1.29 is 5.11 Å². The summed E-state index contributed by atoms with van der Waals surface area (Å²) in [6.45, 7) is 6.04. The van der Waals surface area contributed by atoms with Crippen LogP contribution in [-0.2, 0) is 0 Å². The summed E-state index contributed by atoms with van der Waals surface area (Å²) < 4.78 is 0.203. The van der Waals surface area contributed by atoms with Gasteiger partial charge in [0.15, 0.2) is 0 Å². The first kappa shape index (κ1) is 12.0. The normalized spacial score (nSPS) is 42.0. The molecule has 1 N–H and O–H groups in total. The fourth-order valence-corrected chi connectivity index (χ4v) is 2.96. The lowest BCUT2D eigenvalue weighted by Crippen LogP contribution is -2.42. The zero-order valence-electron chi connectivity index (χ0n) is 8.48. The van der Waals surface area contributed by atoms with E-state index in [-0.39, 0.29) is 4.32 Å². The summed E-state index contributed by atoms with van der Waals surface area (Å²) in [5, 5.41) is 9.89. The Bertz CT molecular complexity index is 184. The zero-order valence-corrected chi connectivity index (χ0v) is 11.7. The molecule has 1 rings (SSSR count). The lowest BCUT2D eigenvalue weighted by Gasteiger charge is -2.42. The Kier molecular flexibility index (Phi) is 3.52. The van der Waals surface area contributed by atoms with Crippen molar-refractivity contribution in [2.75, 3.05) is 0 Å². The van der Waals surface area contributed by atoms with Gasteiger partial charge in [0.25, 0.3) is 0 Å². The first-order valence-electron chi connectivity index (χ1n) is 4.79. The van der Waals surface area contributed by atoms with Gasteiger partial charge in [-0.1, -0.05) is 31.9 Å². The highest BCUT2D eigenvalue weighted by atomic mass is 79.9. The highest BCUT2D eigenvalue weighted by molar-refractivity contribution is 9.12. The van der Waals surface area contributed by atoms with Gasteiger partial charge in [0.05, 0.1) is 5.60 Å². The van der Waals surface area contributed by atoms with E-state index in [1.54, 1.807) is 0 Å². The molecule has 0 aliphatic heterocycles. The molecule has 0 spiro atoms. The summed E-state index contributed by atoms with van der Waals surface area (Å²) in [6, 6.07) is 0. The minimum atomic E-state index is -0.532. The van der Waals surface area contributed by atoms with Gasteiger partial charge in [0, 0.05) is 9.15 Å². The molecule has 1 saturated carbocycles. The molecule has 1 aliphatic carbocycles. The van der Waals surface area contributed by atoms with Gasteiger partial charge in [-0.25, -0.2) is 0 Å². The monoisotopic (exact) mass is 312 g/mol. The second-order valence-electron chi connectivity index (χ2n) is 4.87. The number of alkyl halides is 2. The smallest absolute Gasteiger partial charge is 0.0620 e. The quantitative estimate of drug-likeness (QED) is 0.735. The lowest BCUT2D eigenvalue weighted by molar-refractivity contribution is -0.000338. The van der Waals surface area contributed by atoms with E-state index >= 15 is 0 Å². The Morgan fingerprint density at radius 1 is 1.46 bits per heavy atom. The second-order valence-corrected chi connectivity index (χ2v) is 7.79. The summed E-state index contributed by atoms with van der Waals surface area (Å²) in [5.74, 6) is 0.419. The zero-order chi connectivity index (χ0) is 10.3. The van der Waals surface area contributed by atoms with Gasteiger partial charge in [0.2, 0.25) is 0 Å². The topological polar surface area (TPSA) is 20.2 Å². The van der Waals surface area contributed by atoms with Crippen molar-refractivity contribution in [2.45, 2.75) is 54.8 Å². The van der Waals surface area contributed by atoms with E-state index in [1.165, 1.54) is 0 Å². The molecule has 0 heterocycles. The number of hydrogen-bond acceptors (Lipinski definition) is 1. The van der Waals surface area contributed by atoms with E-state index in [0.717, 1.165) is 19.3 Å². The molecular formula is C10H18Br2O. The molecule has 0 aromatic heterocycles. The molecule has 1 fully saturated rings. The van der Waals surface area contributed by atoms with Crippen LogP contribution >= 0.6 is 31.9 Å². The van der Waals surface area contributed by atoms with Gasteiger partial charge >= 0.3 is 0 Å². The van der Waals surface area contributed by atoms with E-state index in [0.29, 0.717) is 10.7 Å². The fourth-order valence-electron chi connectivity index (χ4n) is 1.87. The number of hydrogen-bond donors (Lipinski definition) is 1. The van der Waals surface area contributed by atoms with Crippen LogP contribution in [0.1, 0.15) is 40.0 Å². The highest BCUT2D eigenvalue weighted by Crippen LogP contribution is 2.45. The van der Waals surface area contributed by atoms with Crippen molar-refractivity contribution in [2.24, 2.45) is 5.92 Å². The van der Waals surface area contributed by atoms with E-state index in [4.69, 9.17) is 0 Å². The molecule has 0 saturated heterocycles. The molecule has 13 heavy (non-hydrogen) atoms. The van der Waals surface area contributed by atoms with Crippen molar-refractivity contribution in [1.29, 1.82) is 0 Å². The SMILES string of the molecule is CC(C)(O)C1CC[C@@](C)(Br)[C@H](Br)C1. The molecule has 3 atom stereocenters. The maximum atomic E-state index is 9.89. The third-order valence-corrected chi connectivity index (χ3v) is 6.07. The third-order valence-electron chi connectivity index (χ3n) is 3.13. The molecule has 0 aromatic rings. The van der Waals surface area contributed by atoms with Crippen molar-refractivity contribution in [3.05, 3.63) is 0 Å². The summed E-state index contributed by atoms with van der Waals surface area (Å²) in [7, 11) is 0. The minimum Gasteiger partial charge on any atom is -0.390 e. The van der Waals surface area contributed by atoms with Crippen LogP contribution in [0.5, 0.6) is 0 Å². The van der Waals surface area contributed by atoms with Gasteiger partial charge in [0.1, 0.15) is 0 Å². The average Bonchev–Trinajstić information content (AvgIpc) is 1.92. The first-order valence-corrected chi connectivity index (χ1v) is 6.50. The summed E-state index contributed by atoms with van der Waals surface area (Å²) in [5.41, 5.74) is -0.532. The molecular weight excluding hydrogens is 296 g/mol. The maximum absolute atomic E-state index is 9.89. The molecule has 0 radical (unpaired) electrons. The molecule has 0 aromatic carbocycles. The van der Waals surface area contributed by atoms with Gasteiger partial charge in [-0.15, -0.1) is 0 Å². The van der Waals surface area contributed by atoms with Crippen molar-refractivity contribution >= 4 is 31.9 Å². The van der Waals surface area contributed by atoms with Gasteiger partial charge in [-0.2, -0.15) is 0 Å². The van der Waals surface area contributed by atoms with Crippen LogP contribution in [-0.4, -0.2) is 19.9 Å². The van der Waals surface area contributed by atoms with Crippen molar-refractivity contribution in [1.82, 2.24) is 0 Å². The predicted molar refractivity (Wildman–Crippen MR) is 63.7 cm³/mol. The van der Waals surface area contributed by atoms with E-state index in [2.05, 4.69) is 38.8 Å². The highest BCUT2D eigenvalue weighted by Gasteiger charge is 2.40. The van der Waals surface area contributed by atoms with Gasteiger partial charge in [-0.3, -0.25) is 0 Å². The van der Waals surface area contributed by atoms with Crippen LogP contribution in [0, 0.1) is 5.92 Å². The van der Waals surface area contributed by atoms with Crippen molar-refractivity contribution in [3.63, 3.8) is 0 Å². The fraction of sp³-hybridized carbons (Fsp3) is 1.00. The number of rotatable bonds is 1. The summed E-state index contributed by atoms with van der Waals surface area (Å²) in [6.07, 6.45) is 3.27. The number of aliphatic hydroxyl groups is 1. The van der Waals surface area contributed by atoms with Crippen LogP contribution < -0.4 is 0 Å². The standard InChI is InChI=1S/C10H18Br2O/c1-9(2,13)7-4-5-10(3,12)8(11)6-7/h7-8,13H,4-6H2,1-3H3/t7?,8-,10-/m1/s1. The Labute approximate surface area is 97.5 Å². The molecule has 0 bridgehead atoms. The number of halogens is 2. The predicted octanol–water partition coefficient (Wildman–Crippen LogP) is 3.47. The Morgan fingerprint density at radius 2 is 2.00 bits per heavy atom. The molecule has 1 nitrogen and oxygen atoms in total. The van der Waals surface area contributed by atoms with E-state index < -0.39 is 5.60 Å². The molecule has 78 valence electrons. The van der Waals surface area contributed by atoms with Crippen LogP contribution in [0.3, 0.4) is 0 Å². The van der Waals surface area contributed by atoms with Crippen LogP contribution in [0.25, 0.3) is 0 Å². The van der Waals surface area contributed by atoms with E-state index in [9.17, 15) is 5.11 Å². The molecule has 3 heteroatoms. The van der Waals surface area contributed by atoms with Crippen LogP contribution in [0.2, 0.25) is 0 Å². The summed E-state index contributed by atoms with van der Waals surface area (Å²) in [4.78, 5) is 0.463. The third kappa shape index (κ3) is 2.93. The summed E-state index contributed by atoms with van der Waals surface area (Å²) >= 11 is 7.41. The van der Waals surface area contributed by atoms with Gasteiger partial charge in [-0.05, 0) is 46.0 Å². The molecule has 1 unspecified atom stereocenters. The van der Waals surface area contributed by atoms with Gasteiger partial charge < -0.3 is 5.11 Å². The van der Waals surface area contributed by atoms with E-state index in [1.807, 2.05) is 13.8 Å². The minimum absolute atomic E-state index is 0.203. The van der Waals surface area contributed by atoms with Crippen molar-refractivity contribution in [3.8, 4) is 0 Å². The second kappa shape index (κ2) is 3.82. The van der Waals surface area contributed by atoms with Crippen LogP contribution in [0.4, 0.5) is 0 Å². The molecule has 0 amide bonds. The largest absolute Gasteiger partial charge is 0.390 e. The Balaban J connectivity index is 2.61. The molecule has 1 aliphatic rings. The average molecular weight is 314 g/mol. The maximum Gasteiger partial charge on any atom is 0.0620 e. The Morgan fingerprint density at radius 3 is 2.38 bits per heavy atom.